The lowest BCUT2D eigenvalue weighted by Gasteiger charge is -2.59. The molecule has 1 aliphatic heterocycles. The molecule has 2 aromatic rings. The molecule has 4 nitrogen and oxygen atoms in total. The maximum Gasteiger partial charge on any atom is 0.173 e. The summed E-state index contributed by atoms with van der Waals surface area (Å²) in [6.07, 6.45) is 4.26. The number of hydrogen-bond acceptors (Lipinski definition) is 3. The minimum atomic E-state index is -0.411. The van der Waals surface area contributed by atoms with Gasteiger partial charge in [0.1, 0.15) is 0 Å². The van der Waals surface area contributed by atoms with E-state index < -0.39 is 5.79 Å². The lowest BCUT2D eigenvalue weighted by Crippen LogP contribution is -2.61. The third kappa shape index (κ3) is 2.83. The summed E-state index contributed by atoms with van der Waals surface area (Å²) in [5.41, 5.74) is 5.35. The largest absolute Gasteiger partial charge is 0.347 e. The van der Waals surface area contributed by atoms with Crippen LogP contribution in [0, 0.1) is 11.3 Å². The van der Waals surface area contributed by atoms with Crippen molar-refractivity contribution in [1.29, 1.82) is 0 Å². The molecule has 2 fully saturated rings. The first-order chi connectivity index (χ1) is 13.9. The Morgan fingerprint density at radius 1 is 1.00 bits per heavy atom. The minimum absolute atomic E-state index is 0.0291. The Kier molecular flexibility index (Phi) is 5.15. The molecule has 5 rings (SSSR count). The van der Waals surface area contributed by atoms with Crippen LogP contribution in [0.25, 0.3) is 11.3 Å². The molecule has 2 heterocycles. The van der Waals surface area contributed by atoms with Gasteiger partial charge in [-0.05, 0) is 25.2 Å². The summed E-state index contributed by atoms with van der Waals surface area (Å²) in [4.78, 5) is 0. The standard InChI is InChI=1S/C23H30N2O2.C2H6/c1-21(2)18-11-10-17-19(16-8-6-5-7-9-16)25(4)24-20(17)22(18,3)12-13-23(21)26-14-15-27-23;1-2/h5-9,18H,10-15H2,1-4H3;1-2H3. The second kappa shape index (κ2) is 7.24. The van der Waals surface area contributed by atoms with E-state index in [2.05, 4.69) is 62.8 Å². The SMILES string of the molecule is CC.Cn1nc2c(c1-c1ccccc1)CCC1C2(C)CCC2(OCCO2)C1(C)C. The predicted molar refractivity (Wildman–Crippen MR) is 117 cm³/mol. The fourth-order valence-corrected chi connectivity index (χ4v) is 6.43. The van der Waals surface area contributed by atoms with Gasteiger partial charge in [-0.3, -0.25) is 4.68 Å². The van der Waals surface area contributed by atoms with Crippen LogP contribution in [-0.2, 0) is 28.4 Å². The van der Waals surface area contributed by atoms with Crippen molar-refractivity contribution < 1.29 is 9.47 Å². The number of aromatic nitrogens is 2. The van der Waals surface area contributed by atoms with Crippen LogP contribution < -0.4 is 0 Å². The van der Waals surface area contributed by atoms with Gasteiger partial charge in [-0.2, -0.15) is 5.10 Å². The van der Waals surface area contributed by atoms with E-state index in [0.717, 1.165) is 38.9 Å². The molecule has 29 heavy (non-hydrogen) atoms. The zero-order valence-corrected chi connectivity index (χ0v) is 18.9. The molecular formula is C25H36N2O2. The van der Waals surface area contributed by atoms with Crippen LogP contribution in [-0.4, -0.2) is 28.8 Å². The van der Waals surface area contributed by atoms with Gasteiger partial charge in [0, 0.05) is 35.4 Å². The first-order valence-electron chi connectivity index (χ1n) is 11.3. The van der Waals surface area contributed by atoms with Crippen molar-refractivity contribution in [2.24, 2.45) is 18.4 Å². The molecule has 2 atom stereocenters. The van der Waals surface area contributed by atoms with Crippen LogP contribution in [0.5, 0.6) is 0 Å². The number of rotatable bonds is 1. The molecule has 158 valence electrons. The smallest absolute Gasteiger partial charge is 0.173 e. The Balaban J connectivity index is 0.000000994. The summed E-state index contributed by atoms with van der Waals surface area (Å²) in [6.45, 7) is 12.6. The molecule has 1 aromatic carbocycles. The molecule has 4 heteroatoms. The predicted octanol–water partition coefficient (Wildman–Crippen LogP) is 5.50. The van der Waals surface area contributed by atoms with Crippen molar-refractivity contribution in [2.45, 2.75) is 71.5 Å². The van der Waals surface area contributed by atoms with E-state index in [-0.39, 0.29) is 10.8 Å². The average Bonchev–Trinajstić information content (AvgIpc) is 3.34. The average molecular weight is 397 g/mol. The van der Waals surface area contributed by atoms with E-state index in [4.69, 9.17) is 14.6 Å². The number of hydrogen-bond donors (Lipinski definition) is 0. The molecule has 0 bridgehead atoms. The van der Waals surface area contributed by atoms with Crippen molar-refractivity contribution in [3.05, 3.63) is 41.6 Å². The molecule has 2 aliphatic carbocycles. The Morgan fingerprint density at radius 3 is 2.31 bits per heavy atom. The van der Waals surface area contributed by atoms with E-state index in [1.807, 2.05) is 13.8 Å². The van der Waals surface area contributed by atoms with Gasteiger partial charge >= 0.3 is 0 Å². The van der Waals surface area contributed by atoms with Gasteiger partial charge in [0.25, 0.3) is 0 Å². The Morgan fingerprint density at radius 2 is 1.66 bits per heavy atom. The van der Waals surface area contributed by atoms with Crippen molar-refractivity contribution in [2.75, 3.05) is 13.2 Å². The quantitative estimate of drug-likeness (QED) is 0.639. The van der Waals surface area contributed by atoms with Crippen molar-refractivity contribution >= 4 is 0 Å². The van der Waals surface area contributed by atoms with Crippen LogP contribution in [0.1, 0.15) is 65.1 Å². The van der Waals surface area contributed by atoms with E-state index >= 15 is 0 Å². The monoisotopic (exact) mass is 396 g/mol. The number of aryl methyl sites for hydroxylation is 1. The van der Waals surface area contributed by atoms with Gasteiger partial charge in [-0.1, -0.05) is 65.0 Å². The summed E-state index contributed by atoms with van der Waals surface area (Å²) in [7, 11) is 2.09. The van der Waals surface area contributed by atoms with Gasteiger partial charge in [-0.25, -0.2) is 0 Å². The van der Waals surface area contributed by atoms with E-state index in [1.165, 1.54) is 22.5 Å². The first kappa shape index (κ1) is 20.6. The van der Waals surface area contributed by atoms with Gasteiger partial charge < -0.3 is 9.47 Å². The highest BCUT2D eigenvalue weighted by molar-refractivity contribution is 5.66. The van der Waals surface area contributed by atoms with Crippen molar-refractivity contribution in [3.8, 4) is 11.3 Å². The Hall–Kier alpha value is -1.65. The minimum Gasteiger partial charge on any atom is -0.347 e. The van der Waals surface area contributed by atoms with Gasteiger partial charge in [0.05, 0.1) is 24.6 Å². The highest BCUT2D eigenvalue weighted by Gasteiger charge is 2.64. The Bertz CT molecular complexity index is 864. The third-order valence-corrected chi connectivity index (χ3v) is 7.77. The van der Waals surface area contributed by atoms with Gasteiger partial charge in [-0.15, -0.1) is 0 Å². The molecule has 1 spiro atoms. The molecule has 2 unspecified atom stereocenters. The fourth-order valence-electron chi connectivity index (χ4n) is 6.43. The zero-order chi connectivity index (χ0) is 20.9. The Labute approximate surface area is 175 Å². The lowest BCUT2D eigenvalue weighted by molar-refractivity contribution is -0.276. The normalized spacial score (nSPS) is 29.0. The van der Waals surface area contributed by atoms with E-state index in [9.17, 15) is 0 Å². The molecular weight excluding hydrogens is 360 g/mol. The van der Waals surface area contributed by atoms with Gasteiger partial charge in [0.15, 0.2) is 5.79 Å². The number of ether oxygens (including phenoxy) is 2. The molecule has 1 saturated carbocycles. The highest BCUT2D eigenvalue weighted by Crippen LogP contribution is 2.62. The molecule has 0 radical (unpaired) electrons. The number of fused-ring (bicyclic) bond motifs is 3. The summed E-state index contributed by atoms with van der Waals surface area (Å²) in [5, 5.41) is 5.10. The van der Waals surface area contributed by atoms with Crippen molar-refractivity contribution in [1.82, 2.24) is 9.78 Å². The van der Waals surface area contributed by atoms with Crippen LogP contribution >= 0.6 is 0 Å². The second-order valence-electron chi connectivity index (χ2n) is 9.35. The third-order valence-electron chi connectivity index (χ3n) is 7.77. The van der Waals surface area contributed by atoms with Crippen LogP contribution in [0.4, 0.5) is 0 Å². The first-order valence-corrected chi connectivity index (χ1v) is 11.3. The second-order valence-corrected chi connectivity index (χ2v) is 9.35. The number of benzene rings is 1. The maximum absolute atomic E-state index is 6.23. The van der Waals surface area contributed by atoms with E-state index in [1.54, 1.807) is 0 Å². The zero-order valence-electron chi connectivity index (χ0n) is 18.9. The van der Waals surface area contributed by atoms with Crippen molar-refractivity contribution in [3.63, 3.8) is 0 Å². The maximum atomic E-state index is 6.23. The topological polar surface area (TPSA) is 36.3 Å². The number of nitrogens with zero attached hydrogens (tertiary/aromatic N) is 2. The summed E-state index contributed by atoms with van der Waals surface area (Å²) in [6, 6.07) is 10.7. The van der Waals surface area contributed by atoms with Crippen LogP contribution in [0.3, 0.4) is 0 Å². The summed E-state index contributed by atoms with van der Waals surface area (Å²) >= 11 is 0. The molecule has 0 N–H and O–H groups in total. The molecule has 0 amide bonds. The van der Waals surface area contributed by atoms with Crippen LogP contribution in [0.15, 0.2) is 30.3 Å². The molecule has 1 aromatic heterocycles. The van der Waals surface area contributed by atoms with Gasteiger partial charge in [0.2, 0.25) is 0 Å². The lowest BCUT2D eigenvalue weighted by atomic mass is 9.49. The summed E-state index contributed by atoms with van der Waals surface area (Å²) < 4.78 is 14.6. The van der Waals surface area contributed by atoms with Crippen LogP contribution in [0.2, 0.25) is 0 Å². The van der Waals surface area contributed by atoms with E-state index in [0.29, 0.717) is 5.92 Å². The molecule has 1 saturated heterocycles. The fraction of sp³-hybridized carbons (Fsp3) is 0.640. The summed E-state index contributed by atoms with van der Waals surface area (Å²) in [5.74, 6) is 0.0917. The molecule has 3 aliphatic rings. The highest BCUT2D eigenvalue weighted by atomic mass is 16.7.